The van der Waals surface area contributed by atoms with Crippen LogP contribution in [0, 0.1) is 0 Å². The van der Waals surface area contributed by atoms with Gasteiger partial charge in [-0.15, -0.1) is 5.10 Å². The van der Waals surface area contributed by atoms with Crippen LogP contribution in [0.25, 0.3) is 11.5 Å². The third-order valence-electron chi connectivity index (χ3n) is 4.78. The van der Waals surface area contributed by atoms with Crippen LogP contribution in [0.4, 0.5) is 17.5 Å². The van der Waals surface area contributed by atoms with E-state index in [1.54, 1.807) is 6.20 Å². The van der Waals surface area contributed by atoms with Crippen molar-refractivity contribution in [1.29, 1.82) is 0 Å². The van der Waals surface area contributed by atoms with Crippen LogP contribution in [0.3, 0.4) is 0 Å². The normalized spacial score (nSPS) is 17.9. The summed E-state index contributed by atoms with van der Waals surface area (Å²) in [6.45, 7) is 2.60. The number of hydrogen-bond donors (Lipinski definition) is 2. The second kappa shape index (κ2) is 7.96. The molecule has 2 aliphatic heterocycles. The average molecular weight is 395 g/mol. The second-order valence-electron chi connectivity index (χ2n) is 6.81. The minimum absolute atomic E-state index is 0.208. The second-order valence-corrected chi connectivity index (χ2v) is 6.81. The van der Waals surface area contributed by atoms with E-state index in [-0.39, 0.29) is 12.1 Å². The number of ether oxygens (including phenoxy) is 3. The number of aromatic nitrogens is 3. The Kier molecular flexibility index (Phi) is 4.87. The highest BCUT2D eigenvalue weighted by molar-refractivity contribution is 5.69. The maximum atomic E-state index is 5.81. The Morgan fingerprint density at radius 2 is 1.97 bits per heavy atom. The molecule has 4 heterocycles. The van der Waals surface area contributed by atoms with Crippen LogP contribution in [-0.2, 0) is 4.74 Å². The molecule has 0 spiro atoms. The molecule has 1 atom stereocenters. The number of nitrogens with one attached hydrogen (secondary N) is 2. The fourth-order valence-electron chi connectivity index (χ4n) is 3.36. The summed E-state index contributed by atoms with van der Waals surface area (Å²) in [5.74, 6) is 2.49. The number of benzene rings is 1. The summed E-state index contributed by atoms with van der Waals surface area (Å²) in [4.78, 5) is 4.41. The molecule has 9 nitrogen and oxygen atoms in total. The molecule has 2 aromatic heterocycles. The van der Waals surface area contributed by atoms with Crippen LogP contribution in [0.2, 0.25) is 0 Å². The molecule has 1 aromatic carbocycles. The van der Waals surface area contributed by atoms with E-state index in [2.05, 4.69) is 25.8 Å². The lowest BCUT2D eigenvalue weighted by molar-refractivity contribution is 0.120. The first-order valence-electron chi connectivity index (χ1n) is 9.66. The van der Waals surface area contributed by atoms with E-state index < -0.39 is 0 Å². The molecule has 0 amide bonds. The molecule has 5 rings (SSSR count). The number of fused-ring (bicyclic) bond motifs is 1. The van der Waals surface area contributed by atoms with E-state index in [9.17, 15) is 0 Å². The van der Waals surface area contributed by atoms with Crippen molar-refractivity contribution in [3.05, 3.63) is 36.5 Å². The predicted molar refractivity (Wildman–Crippen MR) is 106 cm³/mol. The molecular formula is C20H21N5O4. The van der Waals surface area contributed by atoms with Gasteiger partial charge >= 0.3 is 6.01 Å². The van der Waals surface area contributed by atoms with E-state index in [0.29, 0.717) is 37.2 Å². The summed E-state index contributed by atoms with van der Waals surface area (Å²) in [5.41, 5.74) is 1.51. The third-order valence-corrected chi connectivity index (χ3v) is 4.78. The lowest BCUT2D eigenvalue weighted by Gasteiger charge is -2.18. The van der Waals surface area contributed by atoms with Gasteiger partial charge in [0.05, 0.1) is 11.7 Å². The number of hydrogen-bond acceptors (Lipinski definition) is 9. The van der Waals surface area contributed by atoms with Gasteiger partial charge in [-0.3, -0.25) is 0 Å². The van der Waals surface area contributed by atoms with Crippen LogP contribution in [0.1, 0.15) is 12.8 Å². The smallest absolute Gasteiger partial charge is 0.320 e. The van der Waals surface area contributed by atoms with Crippen molar-refractivity contribution >= 4 is 17.5 Å². The first kappa shape index (κ1) is 17.7. The topological polar surface area (TPSA) is 104 Å². The Morgan fingerprint density at radius 3 is 2.86 bits per heavy atom. The largest absolute Gasteiger partial charge is 0.486 e. The summed E-state index contributed by atoms with van der Waals surface area (Å²) >= 11 is 0. The lowest BCUT2D eigenvalue weighted by Crippen LogP contribution is -2.19. The highest BCUT2D eigenvalue weighted by Gasteiger charge is 2.18. The molecule has 2 N–H and O–H groups in total. The minimum atomic E-state index is 0.208. The molecule has 2 aliphatic rings. The van der Waals surface area contributed by atoms with Crippen LogP contribution in [-0.4, -0.2) is 47.7 Å². The fourth-order valence-corrected chi connectivity index (χ4v) is 3.36. The molecule has 0 saturated carbocycles. The molecule has 1 unspecified atom stereocenters. The summed E-state index contributed by atoms with van der Waals surface area (Å²) < 4.78 is 22.6. The summed E-state index contributed by atoms with van der Waals surface area (Å²) in [7, 11) is 0. The number of rotatable bonds is 6. The van der Waals surface area contributed by atoms with Gasteiger partial charge in [-0.1, -0.05) is 5.10 Å². The monoisotopic (exact) mass is 395 g/mol. The maximum Gasteiger partial charge on any atom is 0.320 e. The lowest BCUT2D eigenvalue weighted by atomic mass is 10.2. The fraction of sp³-hybridized carbons (Fsp3) is 0.350. The first-order valence-corrected chi connectivity index (χ1v) is 9.66. The number of anilines is 3. The SMILES string of the molecule is c1cnc(NCC2CCCO2)c(-c2nnc(Nc3ccc4c(c3)OCCO4)o2)c1. The van der Waals surface area contributed by atoms with Gasteiger partial charge in [0.1, 0.15) is 19.0 Å². The van der Waals surface area contributed by atoms with Crippen LogP contribution in [0.5, 0.6) is 11.5 Å². The van der Waals surface area contributed by atoms with Crippen molar-refractivity contribution in [2.24, 2.45) is 0 Å². The molecule has 1 saturated heterocycles. The Morgan fingerprint density at radius 1 is 1.03 bits per heavy atom. The molecule has 0 aliphatic carbocycles. The summed E-state index contributed by atoms with van der Waals surface area (Å²) in [6, 6.07) is 9.58. The van der Waals surface area contributed by atoms with Crippen molar-refractivity contribution in [1.82, 2.24) is 15.2 Å². The van der Waals surface area contributed by atoms with Gasteiger partial charge in [-0.2, -0.15) is 0 Å². The van der Waals surface area contributed by atoms with Gasteiger partial charge in [-0.05, 0) is 37.1 Å². The van der Waals surface area contributed by atoms with Gasteiger partial charge in [0.15, 0.2) is 11.5 Å². The van der Waals surface area contributed by atoms with E-state index in [1.165, 1.54) is 0 Å². The zero-order valence-electron chi connectivity index (χ0n) is 15.8. The average Bonchev–Trinajstić information content (AvgIpc) is 3.45. The Labute approximate surface area is 167 Å². The Bertz CT molecular complexity index is 987. The molecule has 3 aromatic rings. The van der Waals surface area contributed by atoms with Crippen molar-refractivity contribution in [2.45, 2.75) is 18.9 Å². The van der Waals surface area contributed by atoms with Gasteiger partial charge in [-0.25, -0.2) is 4.98 Å². The molecule has 0 bridgehead atoms. The van der Waals surface area contributed by atoms with Crippen molar-refractivity contribution in [3.63, 3.8) is 0 Å². The zero-order chi connectivity index (χ0) is 19.5. The quantitative estimate of drug-likeness (QED) is 0.651. The van der Waals surface area contributed by atoms with Gasteiger partial charge in [0.25, 0.3) is 5.89 Å². The number of pyridine rings is 1. The minimum Gasteiger partial charge on any atom is -0.486 e. The van der Waals surface area contributed by atoms with Crippen LogP contribution in [0.15, 0.2) is 40.9 Å². The molecular weight excluding hydrogens is 374 g/mol. The van der Waals surface area contributed by atoms with Gasteiger partial charge in [0, 0.05) is 31.1 Å². The van der Waals surface area contributed by atoms with Gasteiger partial charge < -0.3 is 29.3 Å². The summed E-state index contributed by atoms with van der Waals surface area (Å²) in [6.07, 6.45) is 4.09. The highest BCUT2D eigenvalue weighted by Crippen LogP contribution is 2.34. The number of nitrogens with zero attached hydrogens (tertiary/aromatic N) is 3. The van der Waals surface area contributed by atoms with Crippen LogP contribution < -0.4 is 20.1 Å². The van der Waals surface area contributed by atoms with Gasteiger partial charge in [0.2, 0.25) is 0 Å². The highest BCUT2D eigenvalue weighted by atomic mass is 16.6. The molecule has 29 heavy (non-hydrogen) atoms. The molecule has 1 fully saturated rings. The Balaban J connectivity index is 1.31. The summed E-state index contributed by atoms with van der Waals surface area (Å²) in [5, 5.41) is 14.7. The van der Waals surface area contributed by atoms with E-state index >= 15 is 0 Å². The van der Waals surface area contributed by atoms with E-state index in [1.807, 2.05) is 30.3 Å². The molecule has 9 heteroatoms. The van der Waals surface area contributed by atoms with E-state index in [0.717, 1.165) is 36.4 Å². The Hall–Kier alpha value is -3.33. The van der Waals surface area contributed by atoms with Crippen molar-refractivity contribution in [3.8, 4) is 23.0 Å². The first-order chi connectivity index (χ1) is 14.3. The van der Waals surface area contributed by atoms with Crippen LogP contribution >= 0.6 is 0 Å². The third kappa shape index (κ3) is 3.95. The predicted octanol–water partition coefficient (Wildman–Crippen LogP) is 3.24. The molecule has 0 radical (unpaired) electrons. The van der Waals surface area contributed by atoms with Crippen molar-refractivity contribution in [2.75, 3.05) is 37.0 Å². The van der Waals surface area contributed by atoms with E-state index in [4.69, 9.17) is 18.6 Å². The zero-order valence-corrected chi connectivity index (χ0v) is 15.8. The van der Waals surface area contributed by atoms with Crippen molar-refractivity contribution < 1.29 is 18.6 Å². The maximum absolute atomic E-state index is 5.81. The standard InChI is InChI=1S/C20H21N5O4/c1-4-15(18(21-7-1)22-12-14-3-2-8-26-14)19-24-25-20(29-19)23-13-5-6-16-17(11-13)28-10-9-27-16/h1,4-7,11,14H,2-3,8-10,12H2,(H,21,22)(H,23,25). The molecule has 150 valence electrons.